The van der Waals surface area contributed by atoms with Crippen LogP contribution in [0.5, 0.6) is 0 Å². The second kappa shape index (κ2) is 12.8. The third-order valence-corrected chi connectivity index (χ3v) is 6.18. The summed E-state index contributed by atoms with van der Waals surface area (Å²) in [4.78, 5) is 19.4. The van der Waals surface area contributed by atoms with Gasteiger partial charge in [0.1, 0.15) is 0 Å². The predicted molar refractivity (Wildman–Crippen MR) is 141 cm³/mol. The van der Waals surface area contributed by atoms with Gasteiger partial charge in [0, 0.05) is 51.7 Å². The Morgan fingerprint density at radius 1 is 1.19 bits per heavy atom. The average molecular weight is 557 g/mol. The molecule has 0 aliphatic carbocycles. The number of aliphatic imine (C=N–C) groups is 1. The van der Waals surface area contributed by atoms with E-state index in [-0.39, 0.29) is 41.4 Å². The fourth-order valence-corrected chi connectivity index (χ4v) is 4.65. The van der Waals surface area contributed by atoms with Gasteiger partial charge >= 0.3 is 0 Å². The van der Waals surface area contributed by atoms with Crippen LogP contribution < -0.4 is 10.6 Å². The van der Waals surface area contributed by atoms with E-state index in [1.807, 2.05) is 17.0 Å². The van der Waals surface area contributed by atoms with Gasteiger partial charge in [-0.3, -0.25) is 9.79 Å². The standard InChI is InChI=1S/C25H40N4O2.HI/c1-5-26-24(28-16-19-12-9-15-31-23(19)25(2,3)4)27-14-8-13-22(30)29-17-20-10-6-7-11-21(20)18-29;/h6-7,10-11,19,23H,5,8-9,12-18H2,1-4H3,(H2,26,27,28);1H. The van der Waals surface area contributed by atoms with Crippen LogP contribution in [0.1, 0.15) is 64.5 Å². The van der Waals surface area contributed by atoms with Crippen LogP contribution >= 0.6 is 24.0 Å². The number of rotatable bonds is 7. The third kappa shape index (κ3) is 7.61. The largest absolute Gasteiger partial charge is 0.377 e. The molecule has 2 aliphatic rings. The van der Waals surface area contributed by atoms with Crippen LogP contribution in [0.3, 0.4) is 0 Å². The predicted octanol–water partition coefficient (Wildman–Crippen LogP) is 4.32. The van der Waals surface area contributed by atoms with Crippen LogP contribution in [0.25, 0.3) is 0 Å². The fraction of sp³-hybridized carbons (Fsp3) is 0.680. The van der Waals surface area contributed by atoms with Crippen LogP contribution in [0.2, 0.25) is 0 Å². The number of guanidine groups is 1. The number of fused-ring (bicyclic) bond motifs is 1. The molecule has 2 heterocycles. The Kier molecular flexibility index (Phi) is 10.7. The summed E-state index contributed by atoms with van der Waals surface area (Å²) < 4.78 is 6.09. The maximum absolute atomic E-state index is 12.6. The Bertz CT molecular complexity index is 738. The van der Waals surface area contributed by atoms with Crippen molar-refractivity contribution >= 4 is 35.8 Å². The van der Waals surface area contributed by atoms with Gasteiger partial charge in [-0.25, -0.2) is 0 Å². The van der Waals surface area contributed by atoms with E-state index in [0.29, 0.717) is 12.3 Å². The molecule has 32 heavy (non-hydrogen) atoms. The summed E-state index contributed by atoms with van der Waals surface area (Å²) in [6.07, 6.45) is 3.88. The summed E-state index contributed by atoms with van der Waals surface area (Å²) in [5.41, 5.74) is 2.67. The average Bonchev–Trinajstić information content (AvgIpc) is 3.19. The van der Waals surface area contributed by atoms with E-state index < -0.39 is 0 Å². The Balaban J connectivity index is 0.00000363. The maximum Gasteiger partial charge on any atom is 0.223 e. The molecule has 180 valence electrons. The summed E-state index contributed by atoms with van der Waals surface area (Å²) in [7, 11) is 0. The van der Waals surface area contributed by atoms with Gasteiger partial charge in [0.15, 0.2) is 5.96 Å². The maximum atomic E-state index is 12.6. The van der Waals surface area contributed by atoms with Crippen molar-refractivity contribution in [1.82, 2.24) is 15.5 Å². The van der Waals surface area contributed by atoms with Crippen molar-refractivity contribution < 1.29 is 9.53 Å². The van der Waals surface area contributed by atoms with Crippen molar-refractivity contribution in [3.8, 4) is 0 Å². The molecule has 1 amide bonds. The molecule has 1 fully saturated rings. The number of nitrogens with one attached hydrogen (secondary N) is 2. The van der Waals surface area contributed by atoms with Gasteiger partial charge in [-0.05, 0) is 42.7 Å². The first-order valence-corrected chi connectivity index (χ1v) is 11.9. The highest BCUT2D eigenvalue weighted by Crippen LogP contribution is 2.34. The Hall–Kier alpha value is -1.35. The monoisotopic (exact) mass is 556 g/mol. The fourth-order valence-electron chi connectivity index (χ4n) is 4.65. The van der Waals surface area contributed by atoms with E-state index in [1.165, 1.54) is 11.1 Å². The van der Waals surface area contributed by atoms with Crippen LogP contribution in [0.15, 0.2) is 29.3 Å². The molecule has 2 aliphatic heterocycles. The highest BCUT2D eigenvalue weighted by Gasteiger charge is 2.35. The normalized spacial score (nSPS) is 21.0. The van der Waals surface area contributed by atoms with Crippen molar-refractivity contribution in [2.45, 2.75) is 72.6 Å². The van der Waals surface area contributed by atoms with E-state index in [9.17, 15) is 4.79 Å². The second-order valence-corrected chi connectivity index (χ2v) is 9.83. The minimum absolute atomic E-state index is 0. The third-order valence-electron chi connectivity index (χ3n) is 6.18. The first kappa shape index (κ1) is 26.9. The number of benzene rings is 1. The van der Waals surface area contributed by atoms with Crippen molar-refractivity contribution in [3.05, 3.63) is 35.4 Å². The van der Waals surface area contributed by atoms with E-state index in [0.717, 1.165) is 64.6 Å². The molecule has 2 atom stereocenters. The Morgan fingerprint density at radius 2 is 1.88 bits per heavy atom. The highest BCUT2D eigenvalue weighted by molar-refractivity contribution is 14.0. The lowest BCUT2D eigenvalue weighted by molar-refractivity contribution is -0.131. The van der Waals surface area contributed by atoms with Gasteiger partial charge in [-0.2, -0.15) is 0 Å². The lowest BCUT2D eigenvalue weighted by Crippen LogP contribution is -2.43. The number of hydrogen-bond acceptors (Lipinski definition) is 3. The molecule has 0 radical (unpaired) electrons. The first-order chi connectivity index (χ1) is 14.9. The number of carbonyl (C=O) groups excluding carboxylic acids is 1. The smallest absolute Gasteiger partial charge is 0.223 e. The molecular weight excluding hydrogens is 515 g/mol. The van der Waals surface area contributed by atoms with E-state index in [4.69, 9.17) is 9.73 Å². The first-order valence-electron chi connectivity index (χ1n) is 11.9. The molecule has 2 N–H and O–H groups in total. The van der Waals surface area contributed by atoms with Crippen LogP contribution in [-0.4, -0.2) is 49.1 Å². The lowest BCUT2D eigenvalue weighted by Gasteiger charge is -2.39. The molecule has 2 unspecified atom stereocenters. The highest BCUT2D eigenvalue weighted by atomic mass is 127. The number of amides is 1. The lowest BCUT2D eigenvalue weighted by atomic mass is 9.78. The molecule has 6 nitrogen and oxygen atoms in total. The molecule has 7 heteroatoms. The SMILES string of the molecule is CCNC(=NCC1CCCOC1C(C)(C)C)NCCCC(=O)N1Cc2ccccc2C1.I. The number of carbonyl (C=O) groups is 1. The molecule has 1 saturated heterocycles. The van der Waals surface area contributed by atoms with Crippen molar-refractivity contribution in [3.63, 3.8) is 0 Å². The van der Waals surface area contributed by atoms with Crippen LogP contribution in [0, 0.1) is 11.3 Å². The molecule has 1 aromatic rings. The van der Waals surface area contributed by atoms with E-state index in [1.54, 1.807) is 0 Å². The molecule has 0 saturated carbocycles. The molecule has 1 aromatic carbocycles. The topological polar surface area (TPSA) is 66.0 Å². The van der Waals surface area contributed by atoms with Gasteiger partial charge in [-0.15, -0.1) is 24.0 Å². The van der Waals surface area contributed by atoms with E-state index >= 15 is 0 Å². The van der Waals surface area contributed by atoms with Gasteiger partial charge in [0.05, 0.1) is 6.10 Å². The zero-order valence-corrected chi connectivity index (χ0v) is 22.5. The van der Waals surface area contributed by atoms with Crippen molar-refractivity contribution in [2.75, 3.05) is 26.2 Å². The number of halogens is 1. The minimum atomic E-state index is 0. The van der Waals surface area contributed by atoms with Crippen molar-refractivity contribution in [2.24, 2.45) is 16.3 Å². The van der Waals surface area contributed by atoms with Gasteiger partial charge in [0.25, 0.3) is 0 Å². The summed E-state index contributed by atoms with van der Waals surface area (Å²) in [5.74, 6) is 1.51. The van der Waals surface area contributed by atoms with Gasteiger partial charge in [0.2, 0.25) is 5.91 Å². The Morgan fingerprint density at radius 3 is 2.50 bits per heavy atom. The minimum Gasteiger partial charge on any atom is -0.377 e. The van der Waals surface area contributed by atoms with Gasteiger partial charge in [-0.1, -0.05) is 45.0 Å². The molecule has 0 aromatic heterocycles. The molecule has 0 bridgehead atoms. The summed E-state index contributed by atoms with van der Waals surface area (Å²) in [5, 5.41) is 6.74. The Labute approximate surface area is 211 Å². The van der Waals surface area contributed by atoms with Crippen LogP contribution in [-0.2, 0) is 22.6 Å². The number of hydrogen-bond donors (Lipinski definition) is 2. The zero-order valence-electron chi connectivity index (χ0n) is 20.2. The zero-order chi connectivity index (χ0) is 22.3. The molecule has 3 rings (SSSR count). The molecular formula is C25H41IN4O2. The second-order valence-electron chi connectivity index (χ2n) is 9.83. The summed E-state index contributed by atoms with van der Waals surface area (Å²) in [6.45, 7) is 13.5. The quantitative estimate of drug-likeness (QED) is 0.227. The molecule has 0 spiro atoms. The summed E-state index contributed by atoms with van der Waals surface area (Å²) >= 11 is 0. The number of ether oxygens (including phenoxy) is 1. The number of nitrogens with zero attached hydrogens (tertiary/aromatic N) is 2. The summed E-state index contributed by atoms with van der Waals surface area (Å²) in [6, 6.07) is 8.32. The van der Waals surface area contributed by atoms with Gasteiger partial charge < -0.3 is 20.3 Å². The van der Waals surface area contributed by atoms with E-state index in [2.05, 4.69) is 50.5 Å². The van der Waals surface area contributed by atoms with Crippen molar-refractivity contribution in [1.29, 1.82) is 0 Å². The van der Waals surface area contributed by atoms with Crippen LogP contribution in [0.4, 0.5) is 0 Å².